The third kappa shape index (κ3) is 4.79. The number of hydrogen-bond acceptors (Lipinski definition) is 5. The standard InChI is InChI=1S/C20H21NO4S/c1-2-14-6-5-7-15(12-14)24-10-11-25-19(22)13-18-20(23)21-16-8-3-4-9-17(16)26-18/h3-9,12,18H,2,10-11,13H2,1H3,(H,21,23). The molecule has 0 bridgehead atoms. The fraction of sp³-hybridized carbons (Fsp3) is 0.300. The maximum Gasteiger partial charge on any atom is 0.307 e. The van der Waals surface area contributed by atoms with Crippen molar-refractivity contribution in [2.24, 2.45) is 0 Å². The summed E-state index contributed by atoms with van der Waals surface area (Å²) in [6.07, 6.45) is 0.979. The third-order valence-corrected chi connectivity index (χ3v) is 5.26. The van der Waals surface area contributed by atoms with Crippen molar-refractivity contribution in [3.05, 3.63) is 54.1 Å². The van der Waals surface area contributed by atoms with Crippen molar-refractivity contribution in [2.75, 3.05) is 18.5 Å². The molecule has 2 aromatic carbocycles. The first-order valence-corrected chi connectivity index (χ1v) is 9.47. The summed E-state index contributed by atoms with van der Waals surface area (Å²) >= 11 is 1.39. The number of nitrogens with one attached hydrogen (secondary N) is 1. The Kier molecular flexibility index (Phi) is 6.17. The van der Waals surface area contributed by atoms with Gasteiger partial charge in [0, 0.05) is 4.90 Å². The van der Waals surface area contributed by atoms with E-state index in [0.717, 1.165) is 22.8 Å². The zero-order chi connectivity index (χ0) is 18.4. The van der Waals surface area contributed by atoms with Gasteiger partial charge in [0.05, 0.1) is 17.4 Å². The first-order chi connectivity index (χ1) is 12.7. The van der Waals surface area contributed by atoms with Crippen molar-refractivity contribution in [2.45, 2.75) is 29.9 Å². The summed E-state index contributed by atoms with van der Waals surface area (Å²) in [4.78, 5) is 25.1. The normalized spacial score (nSPS) is 15.7. The molecule has 6 heteroatoms. The van der Waals surface area contributed by atoms with Gasteiger partial charge in [0.15, 0.2) is 0 Å². The predicted molar refractivity (Wildman–Crippen MR) is 102 cm³/mol. The van der Waals surface area contributed by atoms with Crippen LogP contribution in [0.3, 0.4) is 0 Å². The van der Waals surface area contributed by atoms with Crippen LogP contribution >= 0.6 is 11.8 Å². The number of amides is 1. The minimum atomic E-state index is -0.473. The molecule has 3 rings (SSSR count). The Hall–Kier alpha value is -2.47. The smallest absolute Gasteiger partial charge is 0.307 e. The molecular formula is C20H21NO4S. The van der Waals surface area contributed by atoms with E-state index >= 15 is 0 Å². The molecule has 1 amide bonds. The number of aryl methyl sites for hydroxylation is 1. The van der Waals surface area contributed by atoms with E-state index in [4.69, 9.17) is 9.47 Å². The Balaban J connectivity index is 1.42. The highest BCUT2D eigenvalue weighted by Gasteiger charge is 2.29. The van der Waals surface area contributed by atoms with Crippen molar-refractivity contribution in [3.8, 4) is 5.75 Å². The number of ether oxygens (including phenoxy) is 2. The maximum atomic E-state index is 12.1. The molecule has 0 aliphatic carbocycles. The lowest BCUT2D eigenvalue weighted by molar-refractivity contribution is -0.145. The lowest BCUT2D eigenvalue weighted by atomic mass is 10.2. The quantitative estimate of drug-likeness (QED) is 0.594. The van der Waals surface area contributed by atoms with Gasteiger partial charge in [-0.1, -0.05) is 31.2 Å². The summed E-state index contributed by atoms with van der Waals surface area (Å²) in [5.74, 6) is 0.195. The van der Waals surface area contributed by atoms with Gasteiger partial charge in [-0.2, -0.15) is 0 Å². The molecule has 26 heavy (non-hydrogen) atoms. The van der Waals surface area contributed by atoms with Gasteiger partial charge < -0.3 is 14.8 Å². The summed E-state index contributed by atoms with van der Waals surface area (Å²) in [5, 5.41) is 2.35. The first kappa shape index (κ1) is 18.3. The number of rotatable bonds is 7. The Labute approximate surface area is 157 Å². The number of carbonyl (C=O) groups excluding carboxylic acids is 2. The third-order valence-electron chi connectivity index (χ3n) is 3.98. The fourth-order valence-electron chi connectivity index (χ4n) is 2.61. The number of fused-ring (bicyclic) bond motifs is 1. The van der Waals surface area contributed by atoms with Crippen LogP contribution in [0.15, 0.2) is 53.4 Å². The highest BCUT2D eigenvalue weighted by atomic mass is 32.2. The molecule has 0 aromatic heterocycles. The average Bonchev–Trinajstić information content (AvgIpc) is 2.66. The van der Waals surface area contributed by atoms with Crippen LogP contribution in [0.4, 0.5) is 5.69 Å². The topological polar surface area (TPSA) is 64.6 Å². The summed E-state index contributed by atoms with van der Waals surface area (Å²) in [7, 11) is 0. The van der Waals surface area contributed by atoms with Gasteiger partial charge in [-0.25, -0.2) is 0 Å². The zero-order valence-corrected chi connectivity index (χ0v) is 15.4. The SMILES string of the molecule is CCc1cccc(OCCOC(=O)CC2Sc3ccccc3NC2=O)c1. The molecule has 1 aliphatic heterocycles. The van der Waals surface area contributed by atoms with Crippen LogP contribution in [0, 0.1) is 0 Å². The molecular weight excluding hydrogens is 350 g/mol. The van der Waals surface area contributed by atoms with Crippen LogP contribution in [0.25, 0.3) is 0 Å². The number of anilines is 1. The monoisotopic (exact) mass is 371 g/mol. The van der Waals surface area contributed by atoms with Gasteiger partial charge in [0.2, 0.25) is 5.91 Å². The lowest BCUT2D eigenvalue weighted by Crippen LogP contribution is -2.31. The minimum Gasteiger partial charge on any atom is -0.490 e. The van der Waals surface area contributed by atoms with Crippen molar-refractivity contribution in [1.82, 2.24) is 0 Å². The van der Waals surface area contributed by atoms with Crippen LogP contribution in [0.2, 0.25) is 0 Å². The molecule has 0 radical (unpaired) electrons. The highest BCUT2D eigenvalue weighted by Crippen LogP contribution is 2.36. The molecule has 136 valence electrons. The highest BCUT2D eigenvalue weighted by molar-refractivity contribution is 8.01. The van der Waals surface area contributed by atoms with Crippen molar-refractivity contribution in [3.63, 3.8) is 0 Å². The number of carbonyl (C=O) groups is 2. The van der Waals surface area contributed by atoms with E-state index in [9.17, 15) is 9.59 Å². The van der Waals surface area contributed by atoms with Crippen molar-refractivity contribution < 1.29 is 19.1 Å². The first-order valence-electron chi connectivity index (χ1n) is 8.59. The second-order valence-electron chi connectivity index (χ2n) is 5.87. The van der Waals surface area contributed by atoms with E-state index in [2.05, 4.69) is 12.2 Å². The molecule has 1 N–H and O–H groups in total. The van der Waals surface area contributed by atoms with E-state index in [0.29, 0.717) is 0 Å². The van der Waals surface area contributed by atoms with Crippen LogP contribution in [-0.2, 0) is 20.7 Å². The molecule has 2 aromatic rings. The van der Waals surface area contributed by atoms with E-state index in [-0.39, 0.29) is 25.5 Å². The Bertz CT molecular complexity index is 793. The molecule has 0 spiro atoms. The molecule has 0 saturated heterocycles. The Morgan fingerprint density at radius 2 is 2.00 bits per heavy atom. The predicted octanol–water partition coefficient (Wildman–Crippen LogP) is 3.67. The number of thioether (sulfide) groups is 1. The molecule has 5 nitrogen and oxygen atoms in total. The zero-order valence-electron chi connectivity index (χ0n) is 14.6. The Morgan fingerprint density at radius 1 is 1.15 bits per heavy atom. The van der Waals surface area contributed by atoms with Crippen LogP contribution < -0.4 is 10.1 Å². The molecule has 0 fully saturated rings. The van der Waals surface area contributed by atoms with Crippen LogP contribution in [-0.4, -0.2) is 30.3 Å². The lowest BCUT2D eigenvalue weighted by Gasteiger charge is -2.23. The fourth-order valence-corrected chi connectivity index (χ4v) is 3.70. The van der Waals surface area contributed by atoms with Gasteiger partial charge >= 0.3 is 5.97 Å². The van der Waals surface area contributed by atoms with Crippen molar-refractivity contribution in [1.29, 1.82) is 0 Å². The summed E-state index contributed by atoms with van der Waals surface area (Å²) in [6.45, 7) is 2.52. The number of para-hydroxylation sites is 1. The number of hydrogen-bond donors (Lipinski definition) is 1. The maximum absolute atomic E-state index is 12.1. The van der Waals surface area contributed by atoms with Crippen LogP contribution in [0.5, 0.6) is 5.75 Å². The van der Waals surface area contributed by atoms with E-state index in [1.807, 2.05) is 48.5 Å². The van der Waals surface area contributed by atoms with Crippen molar-refractivity contribution >= 4 is 29.3 Å². The number of esters is 1. The molecule has 0 saturated carbocycles. The van der Waals surface area contributed by atoms with E-state index in [1.165, 1.54) is 17.3 Å². The van der Waals surface area contributed by atoms with Gasteiger partial charge in [-0.15, -0.1) is 11.8 Å². The van der Waals surface area contributed by atoms with E-state index < -0.39 is 11.2 Å². The second kappa shape index (κ2) is 8.76. The molecule has 1 unspecified atom stereocenters. The van der Waals surface area contributed by atoms with Gasteiger partial charge in [-0.3, -0.25) is 9.59 Å². The largest absolute Gasteiger partial charge is 0.490 e. The summed E-state index contributed by atoms with van der Waals surface area (Å²) in [5.41, 5.74) is 1.98. The summed E-state index contributed by atoms with van der Waals surface area (Å²) in [6, 6.07) is 15.4. The summed E-state index contributed by atoms with van der Waals surface area (Å²) < 4.78 is 10.8. The number of benzene rings is 2. The van der Waals surface area contributed by atoms with Crippen LogP contribution in [0.1, 0.15) is 18.9 Å². The average molecular weight is 371 g/mol. The second-order valence-corrected chi connectivity index (χ2v) is 7.11. The van der Waals surface area contributed by atoms with E-state index in [1.54, 1.807) is 0 Å². The minimum absolute atomic E-state index is 0.0379. The molecule has 1 aliphatic rings. The Morgan fingerprint density at radius 3 is 2.85 bits per heavy atom. The van der Waals surface area contributed by atoms with Gasteiger partial charge in [0.1, 0.15) is 19.0 Å². The molecule has 1 heterocycles. The van der Waals surface area contributed by atoms with Gasteiger partial charge in [0.25, 0.3) is 0 Å². The molecule has 1 atom stereocenters. The van der Waals surface area contributed by atoms with Gasteiger partial charge in [-0.05, 0) is 36.2 Å².